The van der Waals surface area contributed by atoms with Crippen LogP contribution in [-0.2, 0) is 14.4 Å². The Kier molecular flexibility index (Phi) is 4.99. The predicted octanol–water partition coefficient (Wildman–Crippen LogP) is 2.28. The van der Waals surface area contributed by atoms with Crippen LogP contribution in [0.2, 0.25) is 5.02 Å². The molecule has 0 atom stereocenters. The van der Waals surface area contributed by atoms with E-state index in [2.05, 4.69) is 15.3 Å². The molecule has 2 aromatic carbocycles. The van der Waals surface area contributed by atoms with Crippen LogP contribution in [-0.4, -0.2) is 19.5 Å². The molecule has 116 valence electrons. The van der Waals surface area contributed by atoms with E-state index in [0.29, 0.717) is 10.7 Å². The molecule has 0 aromatic heterocycles. The van der Waals surface area contributed by atoms with Crippen LogP contribution >= 0.6 is 11.6 Å². The smallest absolute Gasteiger partial charge is 0.335 e. The zero-order chi connectivity index (χ0) is 16.2. The van der Waals surface area contributed by atoms with Crippen LogP contribution in [0, 0.1) is 0 Å². The van der Waals surface area contributed by atoms with Crippen molar-refractivity contribution in [3.63, 3.8) is 0 Å². The van der Waals surface area contributed by atoms with Gasteiger partial charge in [0.05, 0.1) is 21.2 Å². The molecule has 22 heavy (non-hydrogen) atoms. The van der Waals surface area contributed by atoms with E-state index < -0.39 is 16.1 Å². The standard InChI is InChI=1S/C13H11ClN2O5S/c14-11-6-1-2-7-12(11)15-16-21-22(19,20)10-5-3-4-9(8-10)13(17)18/h1-8,15-16H,(H,17,18). The molecule has 7 nitrogen and oxygen atoms in total. The summed E-state index contributed by atoms with van der Waals surface area (Å²) in [7, 11) is -4.18. The summed E-state index contributed by atoms with van der Waals surface area (Å²) >= 11 is 5.87. The van der Waals surface area contributed by atoms with Crippen molar-refractivity contribution in [2.75, 3.05) is 5.43 Å². The Hall–Kier alpha value is -2.13. The number of carbonyl (C=O) groups is 1. The molecule has 0 aliphatic heterocycles. The Morgan fingerprint density at radius 3 is 2.55 bits per heavy atom. The van der Waals surface area contributed by atoms with Crippen LogP contribution in [0.5, 0.6) is 0 Å². The van der Waals surface area contributed by atoms with E-state index >= 15 is 0 Å². The van der Waals surface area contributed by atoms with Crippen LogP contribution in [0.25, 0.3) is 0 Å². The van der Waals surface area contributed by atoms with Gasteiger partial charge in [-0.05, 0) is 30.3 Å². The fraction of sp³-hybridized carbons (Fsp3) is 0. The van der Waals surface area contributed by atoms with E-state index in [1.165, 1.54) is 18.2 Å². The quantitative estimate of drug-likeness (QED) is 0.691. The molecule has 0 spiro atoms. The van der Waals surface area contributed by atoms with Crippen molar-refractivity contribution in [1.82, 2.24) is 5.59 Å². The molecule has 0 fully saturated rings. The lowest BCUT2D eigenvalue weighted by Gasteiger charge is -2.10. The molecular weight excluding hydrogens is 332 g/mol. The molecule has 2 aromatic rings. The molecule has 0 unspecified atom stereocenters. The molecule has 0 radical (unpaired) electrons. The molecule has 0 amide bonds. The highest BCUT2D eigenvalue weighted by Gasteiger charge is 2.17. The van der Waals surface area contributed by atoms with Crippen molar-refractivity contribution < 1.29 is 22.6 Å². The number of hydrazine groups is 1. The van der Waals surface area contributed by atoms with E-state index in [4.69, 9.17) is 16.7 Å². The molecule has 9 heteroatoms. The summed E-state index contributed by atoms with van der Waals surface area (Å²) in [5, 5.41) is 9.22. The second-order valence-electron chi connectivity index (χ2n) is 4.08. The normalized spacial score (nSPS) is 11.1. The van der Waals surface area contributed by atoms with E-state index in [1.54, 1.807) is 24.3 Å². The molecule has 0 bridgehead atoms. The maximum absolute atomic E-state index is 11.9. The Bertz CT molecular complexity index is 795. The summed E-state index contributed by atoms with van der Waals surface area (Å²) in [5.74, 6) is -1.24. The lowest BCUT2D eigenvalue weighted by molar-refractivity contribution is 0.0696. The van der Waals surface area contributed by atoms with Gasteiger partial charge in [-0.3, -0.25) is 5.43 Å². The van der Waals surface area contributed by atoms with Gasteiger partial charge in [0.15, 0.2) is 0 Å². The lowest BCUT2D eigenvalue weighted by Crippen LogP contribution is -2.26. The van der Waals surface area contributed by atoms with Crippen molar-refractivity contribution in [2.24, 2.45) is 0 Å². The molecule has 0 aliphatic carbocycles. The predicted molar refractivity (Wildman–Crippen MR) is 79.9 cm³/mol. The number of para-hydroxylation sites is 1. The Morgan fingerprint density at radius 2 is 1.86 bits per heavy atom. The third-order valence-corrected chi connectivity index (χ3v) is 4.04. The number of anilines is 1. The SMILES string of the molecule is O=C(O)c1cccc(S(=O)(=O)ONNc2ccccc2Cl)c1. The fourth-order valence-corrected chi connectivity index (χ4v) is 2.47. The van der Waals surface area contributed by atoms with Gasteiger partial charge in [0.25, 0.3) is 0 Å². The van der Waals surface area contributed by atoms with Crippen molar-refractivity contribution in [1.29, 1.82) is 0 Å². The third kappa shape index (κ3) is 3.95. The van der Waals surface area contributed by atoms with Crippen LogP contribution in [0.1, 0.15) is 10.4 Å². The highest BCUT2D eigenvalue weighted by atomic mass is 35.5. The lowest BCUT2D eigenvalue weighted by atomic mass is 10.2. The first-order chi connectivity index (χ1) is 10.4. The maximum atomic E-state index is 11.9. The minimum Gasteiger partial charge on any atom is -0.478 e. The van der Waals surface area contributed by atoms with E-state index in [9.17, 15) is 13.2 Å². The summed E-state index contributed by atoms with van der Waals surface area (Å²) < 4.78 is 28.4. The zero-order valence-corrected chi connectivity index (χ0v) is 12.6. The monoisotopic (exact) mass is 342 g/mol. The Morgan fingerprint density at radius 1 is 1.14 bits per heavy atom. The largest absolute Gasteiger partial charge is 0.478 e. The molecule has 0 aliphatic rings. The molecule has 0 saturated heterocycles. The number of carboxylic acid groups (broad SMARTS) is 1. The number of halogens is 1. The Balaban J connectivity index is 2.07. The number of hydrogen-bond acceptors (Lipinski definition) is 6. The van der Waals surface area contributed by atoms with Gasteiger partial charge in [-0.2, -0.15) is 12.7 Å². The van der Waals surface area contributed by atoms with Gasteiger partial charge in [0.1, 0.15) is 0 Å². The minimum absolute atomic E-state index is 0.163. The Labute approximate surface area is 131 Å². The first-order valence-corrected chi connectivity index (χ1v) is 7.71. The minimum atomic E-state index is -4.18. The van der Waals surface area contributed by atoms with E-state index in [-0.39, 0.29) is 10.5 Å². The van der Waals surface area contributed by atoms with Crippen LogP contribution in [0.4, 0.5) is 5.69 Å². The topological polar surface area (TPSA) is 105 Å². The summed E-state index contributed by atoms with van der Waals surface area (Å²) in [5.41, 5.74) is 4.79. The van der Waals surface area contributed by atoms with E-state index in [0.717, 1.165) is 6.07 Å². The molecule has 0 heterocycles. The van der Waals surface area contributed by atoms with Crippen LogP contribution in [0.15, 0.2) is 53.4 Å². The zero-order valence-electron chi connectivity index (χ0n) is 11.0. The number of nitrogens with one attached hydrogen (secondary N) is 2. The second kappa shape index (κ2) is 6.75. The molecule has 0 saturated carbocycles. The van der Waals surface area contributed by atoms with Crippen molar-refractivity contribution >= 4 is 33.4 Å². The number of carboxylic acids is 1. The summed E-state index contributed by atoms with van der Waals surface area (Å²) in [6, 6.07) is 11.4. The van der Waals surface area contributed by atoms with Gasteiger partial charge >= 0.3 is 16.1 Å². The summed E-state index contributed by atoms with van der Waals surface area (Å²) in [6.07, 6.45) is 0. The van der Waals surface area contributed by atoms with Crippen molar-refractivity contribution in [2.45, 2.75) is 4.90 Å². The first-order valence-electron chi connectivity index (χ1n) is 5.92. The third-order valence-electron chi connectivity index (χ3n) is 2.58. The summed E-state index contributed by atoms with van der Waals surface area (Å²) in [4.78, 5) is 10.5. The second-order valence-corrected chi connectivity index (χ2v) is 6.03. The van der Waals surface area contributed by atoms with Crippen LogP contribution in [0.3, 0.4) is 0 Å². The average molecular weight is 343 g/mol. The van der Waals surface area contributed by atoms with Crippen molar-refractivity contribution in [3.8, 4) is 0 Å². The van der Waals surface area contributed by atoms with Gasteiger partial charge in [0.2, 0.25) is 0 Å². The number of benzene rings is 2. The molecule has 3 N–H and O–H groups in total. The molecule has 2 rings (SSSR count). The summed E-state index contributed by atoms with van der Waals surface area (Å²) in [6.45, 7) is 0. The van der Waals surface area contributed by atoms with Gasteiger partial charge in [-0.1, -0.05) is 35.4 Å². The van der Waals surface area contributed by atoms with Gasteiger partial charge in [0, 0.05) is 0 Å². The number of aromatic carboxylic acids is 1. The van der Waals surface area contributed by atoms with E-state index in [1.807, 2.05) is 0 Å². The van der Waals surface area contributed by atoms with Gasteiger partial charge in [-0.25, -0.2) is 4.79 Å². The number of hydrogen-bond donors (Lipinski definition) is 3. The van der Waals surface area contributed by atoms with Crippen LogP contribution < -0.4 is 11.0 Å². The molecular formula is C13H11ClN2O5S. The number of rotatable bonds is 6. The highest BCUT2D eigenvalue weighted by Crippen LogP contribution is 2.19. The maximum Gasteiger partial charge on any atom is 0.335 e. The van der Waals surface area contributed by atoms with Gasteiger partial charge in [-0.15, -0.1) is 0 Å². The van der Waals surface area contributed by atoms with Crippen molar-refractivity contribution in [3.05, 3.63) is 59.1 Å². The van der Waals surface area contributed by atoms with Gasteiger partial charge < -0.3 is 5.11 Å². The average Bonchev–Trinajstić information content (AvgIpc) is 2.49. The fourth-order valence-electron chi connectivity index (χ4n) is 1.53. The first kappa shape index (κ1) is 16.2. The highest BCUT2D eigenvalue weighted by molar-refractivity contribution is 7.86.